The van der Waals surface area contributed by atoms with Gasteiger partial charge in [0.25, 0.3) is 5.91 Å². The molecule has 0 aliphatic carbocycles. The third-order valence-corrected chi connectivity index (χ3v) is 3.99. The maximum atomic E-state index is 12.2. The number of furan rings is 1. The molecule has 6 heteroatoms. The Morgan fingerprint density at radius 2 is 1.66 bits per heavy atom. The molecule has 0 spiro atoms. The van der Waals surface area contributed by atoms with Crippen LogP contribution in [0.15, 0.2) is 77.2 Å². The minimum Gasteiger partial charge on any atom is -0.462 e. The number of anilines is 1. The Balaban J connectivity index is 1.50. The molecule has 0 fully saturated rings. The number of amides is 1. The monoisotopic (exact) mass is 389 g/mol. The minimum atomic E-state index is -0.640. The molecular formula is C23H19NO5. The number of nitrogens with one attached hydrogen (secondary N) is 1. The lowest BCUT2D eigenvalue weighted by Crippen LogP contribution is -2.13. The lowest BCUT2D eigenvalue weighted by atomic mass is 10.1. The lowest BCUT2D eigenvalue weighted by Gasteiger charge is -2.06. The van der Waals surface area contributed by atoms with Gasteiger partial charge in [-0.15, -0.1) is 0 Å². The molecule has 0 saturated heterocycles. The van der Waals surface area contributed by atoms with Crippen molar-refractivity contribution in [2.24, 2.45) is 0 Å². The highest BCUT2D eigenvalue weighted by atomic mass is 16.5. The second-order valence-corrected chi connectivity index (χ2v) is 6.21. The number of hydrogen-bond acceptors (Lipinski definition) is 5. The molecule has 1 aromatic heterocycles. The van der Waals surface area contributed by atoms with E-state index in [0.717, 1.165) is 5.76 Å². The van der Waals surface area contributed by atoms with Gasteiger partial charge in [0.05, 0.1) is 0 Å². The summed E-state index contributed by atoms with van der Waals surface area (Å²) in [6.07, 6.45) is 2.68. The molecule has 0 atom stereocenters. The van der Waals surface area contributed by atoms with Crippen LogP contribution in [0.2, 0.25) is 0 Å². The number of carbonyl (C=O) groups is 3. The van der Waals surface area contributed by atoms with E-state index in [1.54, 1.807) is 67.6 Å². The van der Waals surface area contributed by atoms with Crippen LogP contribution in [0.4, 0.5) is 5.69 Å². The van der Waals surface area contributed by atoms with Crippen LogP contribution in [0, 0.1) is 6.92 Å². The summed E-state index contributed by atoms with van der Waals surface area (Å²) in [5.41, 5.74) is 1.47. The van der Waals surface area contributed by atoms with Gasteiger partial charge in [0.1, 0.15) is 11.5 Å². The van der Waals surface area contributed by atoms with E-state index < -0.39 is 5.97 Å². The maximum Gasteiger partial charge on any atom is 0.331 e. The highest BCUT2D eigenvalue weighted by Crippen LogP contribution is 2.12. The summed E-state index contributed by atoms with van der Waals surface area (Å²) >= 11 is 0. The average molecular weight is 389 g/mol. The van der Waals surface area contributed by atoms with Crippen LogP contribution >= 0.6 is 0 Å². The van der Waals surface area contributed by atoms with Crippen LogP contribution in [0.5, 0.6) is 0 Å². The van der Waals surface area contributed by atoms with Crippen molar-refractivity contribution >= 4 is 29.4 Å². The van der Waals surface area contributed by atoms with E-state index in [-0.39, 0.29) is 18.3 Å². The first kappa shape index (κ1) is 19.8. The Morgan fingerprint density at radius 3 is 2.31 bits per heavy atom. The third-order valence-electron chi connectivity index (χ3n) is 3.99. The smallest absolute Gasteiger partial charge is 0.331 e. The van der Waals surface area contributed by atoms with Gasteiger partial charge in [0.15, 0.2) is 12.4 Å². The van der Waals surface area contributed by atoms with Gasteiger partial charge in [-0.1, -0.05) is 18.2 Å². The number of ketones is 1. The number of hydrogen-bond donors (Lipinski definition) is 1. The average Bonchev–Trinajstić information content (AvgIpc) is 3.16. The summed E-state index contributed by atoms with van der Waals surface area (Å²) < 4.78 is 10.3. The van der Waals surface area contributed by atoms with E-state index >= 15 is 0 Å². The molecule has 0 bridgehead atoms. The highest BCUT2D eigenvalue weighted by Gasteiger charge is 2.10. The van der Waals surface area contributed by atoms with E-state index in [1.807, 2.05) is 6.07 Å². The van der Waals surface area contributed by atoms with Gasteiger partial charge < -0.3 is 14.5 Å². The first-order chi connectivity index (χ1) is 14.0. The molecule has 0 aliphatic heterocycles. The minimum absolute atomic E-state index is 0.239. The molecule has 1 N–H and O–H groups in total. The van der Waals surface area contributed by atoms with E-state index in [1.165, 1.54) is 12.2 Å². The fourth-order valence-electron chi connectivity index (χ4n) is 2.49. The maximum absolute atomic E-state index is 12.2. The Labute approximate surface area is 167 Å². The van der Waals surface area contributed by atoms with Crippen LogP contribution in [-0.4, -0.2) is 24.3 Å². The van der Waals surface area contributed by atoms with E-state index in [0.29, 0.717) is 22.6 Å². The third kappa shape index (κ3) is 5.77. The van der Waals surface area contributed by atoms with Crippen molar-refractivity contribution in [1.29, 1.82) is 0 Å². The number of Topliss-reactive ketones (excluding diaryl/α,β-unsaturated/α-hetero) is 1. The molecule has 3 aromatic rings. The summed E-state index contributed by atoms with van der Waals surface area (Å²) in [7, 11) is 0. The fourth-order valence-corrected chi connectivity index (χ4v) is 2.49. The number of carbonyl (C=O) groups excluding carboxylic acids is 3. The standard InChI is InChI=1S/C23H19NO5/c1-16-7-12-20(29-16)13-14-22(26)28-15-21(25)17-8-10-19(11-9-17)24-23(27)18-5-3-2-4-6-18/h2-14H,15H2,1H3,(H,24,27)/b14-13+. The van der Waals surface area contributed by atoms with Gasteiger partial charge in [0, 0.05) is 22.9 Å². The predicted octanol–water partition coefficient (Wildman–Crippen LogP) is 4.28. The fraction of sp³-hybridized carbons (Fsp3) is 0.0870. The van der Waals surface area contributed by atoms with Gasteiger partial charge in [-0.05, 0) is 61.5 Å². The molecule has 6 nitrogen and oxygen atoms in total. The first-order valence-corrected chi connectivity index (χ1v) is 8.92. The summed E-state index contributed by atoms with van der Waals surface area (Å²) in [5, 5.41) is 2.75. The molecule has 0 aliphatic rings. The van der Waals surface area contributed by atoms with Crippen molar-refractivity contribution in [3.8, 4) is 0 Å². The number of ether oxygens (including phenoxy) is 1. The highest BCUT2D eigenvalue weighted by molar-refractivity contribution is 6.04. The SMILES string of the molecule is Cc1ccc(/C=C/C(=O)OCC(=O)c2ccc(NC(=O)c3ccccc3)cc2)o1. The van der Waals surface area contributed by atoms with Crippen molar-refractivity contribution in [3.63, 3.8) is 0 Å². The van der Waals surface area contributed by atoms with Crippen LogP contribution in [0.1, 0.15) is 32.2 Å². The Bertz CT molecular complexity index is 1030. The molecule has 3 rings (SSSR count). The van der Waals surface area contributed by atoms with E-state index in [4.69, 9.17) is 9.15 Å². The van der Waals surface area contributed by atoms with Crippen LogP contribution in [0.25, 0.3) is 6.08 Å². The van der Waals surface area contributed by atoms with Crippen molar-refractivity contribution in [2.75, 3.05) is 11.9 Å². The van der Waals surface area contributed by atoms with E-state index in [9.17, 15) is 14.4 Å². The Morgan fingerprint density at radius 1 is 0.931 bits per heavy atom. The Hall–Kier alpha value is -3.93. The first-order valence-electron chi connectivity index (χ1n) is 8.92. The van der Waals surface area contributed by atoms with Gasteiger partial charge >= 0.3 is 5.97 Å². The zero-order chi connectivity index (χ0) is 20.6. The zero-order valence-corrected chi connectivity index (χ0v) is 15.8. The lowest BCUT2D eigenvalue weighted by molar-refractivity contribution is -0.136. The van der Waals surface area contributed by atoms with Crippen molar-refractivity contribution < 1.29 is 23.5 Å². The molecule has 0 unspecified atom stereocenters. The van der Waals surface area contributed by atoms with Crippen LogP contribution in [0.3, 0.4) is 0 Å². The normalized spacial score (nSPS) is 10.7. The summed E-state index contributed by atoms with van der Waals surface area (Å²) in [5.74, 6) is 0.0355. The van der Waals surface area contributed by atoms with Crippen LogP contribution in [-0.2, 0) is 9.53 Å². The van der Waals surface area contributed by atoms with Gasteiger partial charge in [-0.25, -0.2) is 4.79 Å². The predicted molar refractivity (Wildman–Crippen MR) is 109 cm³/mol. The summed E-state index contributed by atoms with van der Waals surface area (Å²) in [6.45, 7) is 1.42. The molecule has 29 heavy (non-hydrogen) atoms. The van der Waals surface area contributed by atoms with Gasteiger partial charge in [-0.2, -0.15) is 0 Å². The zero-order valence-electron chi connectivity index (χ0n) is 15.8. The Kier molecular flexibility index (Phi) is 6.37. The summed E-state index contributed by atoms with van der Waals surface area (Å²) in [6, 6.07) is 18.7. The largest absolute Gasteiger partial charge is 0.462 e. The van der Waals surface area contributed by atoms with Crippen LogP contribution < -0.4 is 5.32 Å². The van der Waals surface area contributed by atoms with Crippen molar-refractivity contribution in [3.05, 3.63) is 95.5 Å². The number of benzene rings is 2. The topological polar surface area (TPSA) is 85.6 Å². The molecule has 0 radical (unpaired) electrons. The molecular weight excluding hydrogens is 370 g/mol. The van der Waals surface area contributed by atoms with Crippen molar-refractivity contribution in [1.82, 2.24) is 0 Å². The quantitative estimate of drug-likeness (QED) is 0.370. The second-order valence-electron chi connectivity index (χ2n) is 6.21. The molecule has 1 heterocycles. The number of esters is 1. The molecule has 0 saturated carbocycles. The van der Waals surface area contributed by atoms with E-state index in [2.05, 4.69) is 5.32 Å². The van der Waals surface area contributed by atoms with Crippen molar-refractivity contribution in [2.45, 2.75) is 6.92 Å². The molecule has 1 amide bonds. The molecule has 146 valence electrons. The van der Waals surface area contributed by atoms with Gasteiger partial charge in [0.2, 0.25) is 0 Å². The molecule has 2 aromatic carbocycles. The summed E-state index contributed by atoms with van der Waals surface area (Å²) in [4.78, 5) is 36.0. The number of aryl methyl sites for hydroxylation is 1. The second kappa shape index (κ2) is 9.32. The number of rotatable bonds is 7. The van der Waals surface area contributed by atoms with Gasteiger partial charge in [-0.3, -0.25) is 9.59 Å².